The number of nitrogens with zero attached hydrogens (tertiary/aromatic N) is 2. The smallest absolute Gasteiger partial charge is 0.475 e. The number of benzene rings is 1. The highest BCUT2D eigenvalue weighted by molar-refractivity contribution is 5.92. The number of carboxylic acids is 1. The van der Waals surface area contributed by atoms with Gasteiger partial charge in [-0.1, -0.05) is 36.3 Å². The van der Waals surface area contributed by atoms with E-state index in [9.17, 15) is 18.0 Å². The molecule has 1 aromatic heterocycles. The topological polar surface area (TPSA) is 95.7 Å². The van der Waals surface area contributed by atoms with Crippen LogP contribution in [0.2, 0.25) is 0 Å². The van der Waals surface area contributed by atoms with Crippen LogP contribution in [0.4, 0.5) is 13.2 Å². The van der Waals surface area contributed by atoms with Gasteiger partial charge in [0.25, 0.3) is 5.91 Å². The predicted molar refractivity (Wildman–Crippen MR) is 109 cm³/mol. The fraction of sp³-hybridized carbons (Fsp3) is 0.500. The van der Waals surface area contributed by atoms with Gasteiger partial charge >= 0.3 is 12.1 Å². The van der Waals surface area contributed by atoms with Gasteiger partial charge in [0.2, 0.25) is 0 Å². The van der Waals surface area contributed by atoms with Gasteiger partial charge in [0.05, 0.1) is 6.04 Å². The molecular formula is C22H26F3N3O4. The van der Waals surface area contributed by atoms with E-state index in [0.717, 1.165) is 19.5 Å². The van der Waals surface area contributed by atoms with Crippen LogP contribution in [0.1, 0.15) is 59.6 Å². The predicted octanol–water partition coefficient (Wildman–Crippen LogP) is 3.91. The van der Waals surface area contributed by atoms with E-state index in [1.165, 1.54) is 11.1 Å². The van der Waals surface area contributed by atoms with Crippen LogP contribution in [-0.4, -0.2) is 52.3 Å². The summed E-state index contributed by atoms with van der Waals surface area (Å²) in [5.41, 5.74) is 3.00. The summed E-state index contributed by atoms with van der Waals surface area (Å²) in [5.74, 6) is -1.34. The molecule has 2 N–H and O–H groups in total. The average molecular weight is 453 g/mol. The Bertz CT molecular complexity index is 975. The minimum Gasteiger partial charge on any atom is -0.475 e. The van der Waals surface area contributed by atoms with Crippen LogP contribution in [-0.2, 0) is 4.79 Å². The highest BCUT2D eigenvalue weighted by Crippen LogP contribution is 2.49. The number of aryl methyl sites for hydroxylation is 1. The van der Waals surface area contributed by atoms with Gasteiger partial charge in [-0.2, -0.15) is 13.2 Å². The van der Waals surface area contributed by atoms with E-state index in [0.29, 0.717) is 29.3 Å². The Morgan fingerprint density at radius 3 is 2.44 bits per heavy atom. The molecule has 2 aliphatic rings. The maximum absolute atomic E-state index is 12.6. The monoisotopic (exact) mass is 453 g/mol. The summed E-state index contributed by atoms with van der Waals surface area (Å²) in [6, 6.07) is 10.8. The van der Waals surface area contributed by atoms with Gasteiger partial charge in [-0.25, -0.2) is 4.79 Å². The third-order valence-electron chi connectivity index (χ3n) is 6.16. The summed E-state index contributed by atoms with van der Waals surface area (Å²) in [6.07, 6.45) is -3.93. The summed E-state index contributed by atoms with van der Waals surface area (Å²) in [4.78, 5) is 24.1. The maximum atomic E-state index is 12.6. The van der Waals surface area contributed by atoms with Crippen molar-refractivity contribution in [3.05, 3.63) is 52.9 Å². The van der Waals surface area contributed by atoms with Gasteiger partial charge < -0.3 is 14.9 Å². The summed E-state index contributed by atoms with van der Waals surface area (Å²) < 4.78 is 36.8. The zero-order valence-corrected chi connectivity index (χ0v) is 18.0. The molecule has 2 heterocycles. The molecule has 0 saturated carbocycles. The lowest BCUT2D eigenvalue weighted by Gasteiger charge is -2.26. The molecular weight excluding hydrogens is 427 g/mol. The third kappa shape index (κ3) is 4.95. The number of carbonyl (C=O) groups excluding carboxylic acids is 1. The van der Waals surface area contributed by atoms with E-state index >= 15 is 0 Å². The lowest BCUT2D eigenvalue weighted by molar-refractivity contribution is -0.192. The molecule has 1 aliphatic carbocycles. The van der Waals surface area contributed by atoms with E-state index < -0.39 is 12.1 Å². The Balaban J connectivity index is 0.000000360. The van der Waals surface area contributed by atoms with Crippen molar-refractivity contribution in [3.8, 4) is 0 Å². The lowest BCUT2D eigenvalue weighted by Crippen LogP contribution is -2.35. The third-order valence-corrected chi connectivity index (χ3v) is 6.16. The molecule has 10 heteroatoms. The Kier molecular flexibility index (Phi) is 6.92. The molecule has 0 bridgehead atoms. The number of hydrogen-bond donors (Lipinski definition) is 2. The second kappa shape index (κ2) is 9.32. The van der Waals surface area contributed by atoms with E-state index in [1.54, 1.807) is 13.0 Å². The molecule has 1 aromatic carbocycles. The second-order valence-electron chi connectivity index (χ2n) is 8.19. The number of hydrogen-bond acceptors (Lipinski definition) is 5. The van der Waals surface area contributed by atoms with Crippen molar-refractivity contribution >= 4 is 11.9 Å². The molecule has 1 fully saturated rings. The fourth-order valence-electron chi connectivity index (χ4n) is 4.38. The average Bonchev–Trinajstić information content (AvgIpc) is 3.43. The molecule has 1 amide bonds. The van der Waals surface area contributed by atoms with Crippen LogP contribution >= 0.6 is 0 Å². The minimum atomic E-state index is -5.08. The van der Waals surface area contributed by atoms with Crippen molar-refractivity contribution in [1.29, 1.82) is 0 Å². The summed E-state index contributed by atoms with van der Waals surface area (Å²) in [5, 5.41) is 14.2. The number of likely N-dealkylation sites (tertiary alicyclic amines) is 1. The van der Waals surface area contributed by atoms with Gasteiger partial charge in [-0.05, 0) is 31.4 Å². The zero-order valence-electron chi connectivity index (χ0n) is 18.0. The Morgan fingerprint density at radius 2 is 1.91 bits per heavy atom. The van der Waals surface area contributed by atoms with Crippen LogP contribution in [0.3, 0.4) is 0 Å². The van der Waals surface area contributed by atoms with Crippen LogP contribution in [0.5, 0.6) is 0 Å². The quantitative estimate of drug-likeness (QED) is 0.729. The molecule has 1 unspecified atom stereocenters. The van der Waals surface area contributed by atoms with Crippen LogP contribution < -0.4 is 5.32 Å². The number of nitrogens with one attached hydrogen (secondary N) is 1. The SMILES string of the molecule is CCC(C)N1C[C@@H]2[C@H](NC(=O)c3cc(C)on3)c3ccccc3[C@@H]2C1.O=C(O)C(F)(F)F. The molecule has 32 heavy (non-hydrogen) atoms. The van der Waals surface area contributed by atoms with Crippen molar-refractivity contribution in [2.24, 2.45) is 5.92 Å². The van der Waals surface area contributed by atoms with Gasteiger partial charge in [0.1, 0.15) is 5.76 Å². The highest BCUT2D eigenvalue weighted by Gasteiger charge is 2.47. The van der Waals surface area contributed by atoms with Crippen molar-refractivity contribution in [3.63, 3.8) is 0 Å². The lowest BCUT2D eigenvalue weighted by atomic mass is 9.94. The number of alkyl halides is 3. The summed E-state index contributed by atoms with van der Waals surface area (Å²) >= 11 is 0. The van der Waals surface area contributed by atoms with E-state index in [4.69, 9.17) is 14.4 Å². The van der Waals surface area contributed by atoms with Crippen molar-refractivity contribution < 1.29 is 32.4 Å². The minimum absolute atomic E-state index is 0.0414. The molecule has 4 rings (SSSR count). The largest absolute Gasteiger partial charge is 0.490 e. The molecule has 7 nitrogen and oxygen atoms in total. The van der Waals surface area contributed by atoms with Crippen molar-refractivity contribution in [1.82, 2.24) is 15.4 Å². The van der Waals surface area contributed by atoms with E-state index in [-0.39, 0.29) is 11.9 Å². The number of aliphatic carboxylic acids is 1. The van der Waals surface area contributed by atoms with Crippen LogP contribution in [0.25, 0.3) is 0 Å². The van der Waals surface area contributed by atoms with Crippen LogP contribution in [0, 0.1) is 12.8 Å². The van der Waals surface area contributed by atoms with Crippen LogP contribution in [0.15, 0.2) is 34.9 Å². The van der Waals surface area contributed by atoms with Gasteiger partial charge in [0, 0.05) is 37.0 Å². The maximum Gasteiger partial charge on any atom is 0.490 e. The summed E-state index contributed by atoms with van der Waals surface area (Å²) in [6.45, 7) is 8.42. The molecule has 4 atom stereocenters. The van der Waals surface area contributed by atoms with Gasteiger partial charge in [0.15, 0.2) is 5.69 Å². The Labute approximate surface area is 183 Å². The number of carboxylic acid groups (broad SMARTS) is 1. The fourth-order valence-corrected chi connectivity index (χ4v) is 4.38. The van der Waals surface area contributed by atoms with Gasteiger partial charge in [-0.15, -0.1) is 0 Å². The standard InChI is InChI=1S/C20H25N3O2.C2HF3O2/c1-4-12(2)23-10-16-14-7-5-6-8-15(14)19(17(16)11-23)21-20(24)18-9-13(3)25-22-18;3-2(4,5)1(6)7/h5-9,12,16-17,19H,4,10-11H2,1-3H3,(H,21,24);(H,6,7)/t12?,16-,17-,19+;/m0./s1. The first-order valence-corrected chi connectivity index (χ1v) is 10.4. The number of halogens is 3. The summed E-state index contributed by atoms with van der Waals surface area (Å²) in [7, 11) is 0. The Hall–Kier alpha value is -2.88. The van der Waals surface area contributed by atoms with Crippen molar-refractivity contribution in [2.75, 3.05) is 13.1 Å². The number of rotatable bonds is 4. The van der Waals surface area contributed by atoms with Crippen molar-refractivity contribution in [2.45, 2.75) is 51.4 Å². The van der Waals surface area contributed by atoms with E-state index in [2.05, 4.69) is 53.5 Å². The van der Waals surface area contributed by atoms with E-state index in [1.807, 2.05) is 0 Å². The van der Waals surface area contributed by atoms with Gasteiger partial charge in [-0.3, -0.25) is 9.69 Å². The molecule has 2 aromatic rings. The number of amides is 1. The molecule has 1 saturated heterocycles. The number of carbonyl (C=O) groups is 2. The molecule has 0 radical (unpaired) electrons. The first kappa shape index (κ1) is 23.8. The normalized spacial score (nSPS) is 23.0. The molecule has 0 spiro atoms. The first-order chi connectivity index (χ1) is 15.0. The Morgan fingerprint density at radius 1 is 1.28 bits per heavy atom. The zero-order chi connectivity index (χ0) is 23.6. The highest BCUT2D eigenvalue weighted by atomic mass is 19.4. The second-order valence-corrected chi connectivity index (χ2v) is 8.19. The first-order valence-electron chi connectivity index (χ1n) is 10.4. The number of aromatic nitrogens is 1. The molecule has 1 aliphatic heterocycles. The number of fused-ring (bicyclic) bond motifs is 3. The molecule has 174 valence electrons.